The average molecular weight is 290 g/mol. The Hall–Kier alpha value is -2.95. The lowest BCUT2D eigenvalue weighted by atomic mass is 10.0. The van der Waals surface area contributed by atoms with Gasteiger partial charge in [0.1, 0.15) is 23.9 Å². The summed E-state index contributed by atoms with van der Waals surface area (Å²) in [5, 5.41) is 5.08. The fourth-order valence-electron chi connectivity index (χ4n) is 2.71. The Morgan fingerprint density at radius 1 is 1.14 bits per heavy atom. The van der Waals surface area contributed by atoms with Gasteiger partial charge >= 0.3 is 0 Å². The SMILES string of the molecule is CCc1c[nH]c2ncnc(-c3cccc(-c4ccon4)c3)c12. The first kappa shape index (κ1) is 12.8. The van der Waals surface area contributed by atoms with Crippen LogP contribution in [0.25, 0.3) is 33.5 Å². The summed E-state index contributed by atoms with van der Waals surface area (Å²) in [6, 6.07) is 10.00. The fraction of sp³-hybridized carbons (Fsp3) is 0.118. The third-order valence-corrected chi connectivity index (χ3v) is 3.80. The highest BCUT2D eigenvalue weighted by atomic mass is 16.5. The van der Waals surface area contributed by atoms with E-state index >= 15 is 0 Å². The molecule has 3 aromatic heterocycles. The molecule has 0 aliphatic carbocycles. The molecule has 0 bridgehead atoms. The summed E-state index contributed by atoms with van der Waals surface area (Å²) in [7, 11) is 0. The molecule has 0 spiro atoms. The molecular weight excluding hydrogens is 276 g/mol. The third kappa shape index (κ3) is 1.98. The van der Waals surface area contributed by atoms with Crippen molar-refractivity contribution in [3.05, 3.63) is 54.7 Å². The van der Waals surface area contributed by atoms with E-state index in [9.17, 15) is 0 Å². The first-order valence-electron chi connectivity index (χ1n) is 7.19. The molecule has 4 rings (SSSR count). The van der Waals surface area contributed by atoms with Gasteiger partial charge in [-0.05, 0) is 18.1 Å². The predicted molar refractivity (Wildman–Crippen MR) is 84.2 cm³/mol. The Kier molecular flexibility index (Phi) is 2.96. The van der Waals surface area contributed by atoms with Gasteiger partial charge in [-0.15, -0.1) is 0 Å². The van der Waals surface area contributed by atoms with Crippen LogP contribution in [0.15, 0.2) is 53.6 Å². The lowest BCUT2D eigenvalue weighted by molar-refractivity contribution is 0.422. The molecule has 0 atom stereocenters. The molecule has 108 valence electrons. The van der Waals surface area contributed by atoms with E-state index in [-0.39, 0.29) is 0 Å². The van der Waals surface area contributed by atoms with E-state index in [4.69, 9.17) is 4.52 Å². The van der Waals surface area contributed by atoms with Crippen molar-refractivity contribution in [3.63, 3.8) is 0 Å². The second-order valence-corrected chi connectivity index (χ2v) is 5.08. The topological polar surface area (TPSA) is 67.6 Å². The summed E-state index contributed by atoms with van der Waals surface area (Å²) in [5.41, 5.74) is 5.89. The standard InChI is InChI=1S/C17H14N4O/c1-2-11-9-18-17-15(11)16(19-10-20-17)13-5-3-4-12(8-13)14-6-7-22-21-14/h3-10H,2H2,1H3,(H,18,19,20). The molecule has 5 nitrogen and oxygen atoms in total. The largest absolute Gasteiger partial charge is 0.364 e. The van der Waals surface area contributed by atoms with Gasteiger partial charge in [0.15, 0.2) is 0 Å². The Balaban J connectivity index is 1.92. The number of nitrogens with zero attached hydrogens (tertiary/aromatic N) is 3. The van der Waals surface area contributed by atoms with E-state index in [1.807, 2.05) is 24.4 Å². The van der Waals surface area contributed by atoms with E-state index in [2.05, 4.69) is 39.2 Å². The van der Waals surface area contributed by atoms with Gasteiger partial charge in [0.05, 0.1) is 5.69 Å². The molecule has 0 fully saturated rings. The van der Waals surface area contributed by atoms with Gasteiger partial charge in [0, 0.05) is 28.8 Å². The molecule has 0 radical (unpaired) electrons. The Morgan fingerprint density at radius 3 is 2.86 bits per heavy atom. The maximum absolute atomic E-state index is 4.93. The summed E-state index contributed by atoms with van der Waals surface area (Å²) in [5.74, 6) is 0. The van der Waals surface area contributed by atoms with Crippen molar-refractivity contribution < 1.29 is 4.52 Å². The molecule has 0 aliphatic rings. The summed E-state index contributed by atoms with van der Waals surface area (Å²) < 4.78 is 4.93. The molecule has 0 saturated heterocycles. The highest BCUT2D eigenvalue weighted by molar-refractivity contribution is 5.94. The normalized spacial score (nSPS) is 11.1. The number of fused-ring (bicyclic) bond motifs is 1. The number of hydrogen-bond acceptors (Lipinski definition) is 4. The molecule has 1 aromatic carbocycles. The van der Waals surface area contributed by atoms with Gasteiger partial charge in [-0.25, -0.2) is 9.97 Å². The van der Waals surface area contributed by atoms with E-state index in [0.717, 1.165) is 40.0 Å². The van der Waals surface area contributed by atoms with Crippen LogP contribution in [0.5, 0.6) is 0 Å². The molecule has 0 saturated carbocycles. The van der Waals surface area contributed by atoms with Crippen LogP contribution in [0.4, 0.5) is 0 Å². The third-order valence-electron chi connectivity index (χ3n) is 3.80. The van der Waals surface area contributed by atoms with Gasteiger partial charge in [-0.2, -0.15) is 0 Å². The van der Waals surface area contributed by atoms with Crippen LogP contribution < -0.4 is 0 Å². The minimum atomic E-state index is 0.817. The van der Waals surface area contributed by atoms with Gasteiger partial charge in [-0.1, -0.05) is 30.3 Å². The van der Waals surface area contributed by atoms with E-state index in [0.29, 0.717) is 0 Å². The molecule has 0 aliphatic heterocycles. The first-order valence-corrected chi connectivity index (χ1v) is 7.19. The van der Waals surface area contributed by atoms with Crippen LogP contribution >= 0.6 is 0 Å². The number of hydrogen-bond donors (Lipinski definition) is 1. The molecular formula is C17H14N4O. The van der Waals surface area contributed by atoms with Crippen molar-refractivity contribution in [2.45, 2.75) is 13.3 Å². The molecule has 5 heteroatoms. The maximum atomic E-state index is 4.93. The zero-order chi connectivity index (χ0) is 14.9. The minimum absolute atomic E-state index is 0.817. The number of H-pyrrole nitrogens is 1. The van der Waals surface area contributed by atoms with Gasteiger partial charge in [0.2, 0.25) is 0 Å². The maximum Gasteiger partial charge on any atom is 0.141 e. The van der Waals surface area contributed by atoms with Crippen LogP contribution in [0.1, 0.15) is 12.5 Å². The monoisotopic (exact) mass is 290 g/mol. The fourth-order valence-corrected chi connectivity index (χ4v) is 2.71. The number of benzene rings is 1. The summed E-state index contributed by atoms with van der Waals surface area (Å²) in [4.78, 5) is 12.0. The molecule has 1 N–H and O–H groups in total. The van der Waals surface area contributed by atoms with Crippen LogP contribution in [0.3, 0.4) is 0 Å². The number of rotatable bonds is 3. The highest BCUT2D eigenvalue weighted by Crippen LogP contribution is 2.30. The smallest absolute Gasteiger partial charge is 0.141 e. The number of aromatic amines is 1. The summed E-state index contributed by atoms with van der Waals surface area (Å²) in [6.07, 6.45) is 6.11. The quantitative estimate of drug-likeness (QED) is 0.622. The molecule has 4 aromatic rings. The zero-order valence-electron chi connectivity index (χ0n) is 12.1. The average Bonchev–Trinajstić information content (AvgIpc) is 3.24. The van der Waals surface area contributed by atoms with Crippen molar-refractivity contribution in [2.24, 2.45) is 0 Å². The Labute approximate surface area is 127 Å². The summed E-state index contributed by atoms with van der Waals surface area (Å²) in [6.45, 7) is 2.13. The Bertz CT molecular complexity index is 925. The van der Waals surface area contributed by atoms with Crippen molar-refractivity contribution in [1.82, 2.24) is 20.1 Å². The van der Waals surface area contributed by atoms with E-state index < -0.39 is 0 Å². The van der Waals surface area contributed by atoms with Crippen molar-refractivity contribution in [3.8, 4) is 22.5 Å². The van der Waals surface area contributed by atoms with Crippen molar-refractivity contribution >= 4 is 11.0 Å². The molecule has 3 heterocycles. The van der Waals surface area contributed by atoms with Crippen LogP contribution in [0, 0.1) is 0 Å². The van der Waals surface area contributed by atoms with Crippen LogP contribution in [-0.2, 0) is 6.42 Å². The van der Waals surface area contributed by atoms with E-state index in [1.54, 1.807) is 12.6 Å². The lowest BCUT2D eigenvalue weighted by Crippen LogP contribution is -1.90. The second-order valence-electron chi connectivity index (χ2n) is 5.08. The van der Waals surface area contributed by atoms with E-state index in [1.165, 1.54) is 5.56 Å². The van der Waals surface area contributed by atoms with Gasteiger partial charge in [-0.3, -0.25) is 0 Å². The number of nitrogens with one attached hydrogen (secondary N) is 1. The highest BCUT2D eigenvalue weighted by Gasteiger charge is 2.12. The van der Waals surface area contributed by atoms with Crippen LogP contribution in [0.2, 0.25) is 0 Å². The number of aryl methyl sites for hydroxylation is 1. The number of aromatic nitrogens is 4. The molecule has 0 unspecified atom stereocenters. The lowest BCUT2D eigenvalue weighted by Gasteiger charge is -2.05. The molecule has 22 heavy (non-hydrogen) atoms. The Morgan fingerprint density at radius 2 is 2.05 bits per heavy atom. The minimum Gasteiger partial charge on any atom is -0.364 e. The van der Waals surface area contributed by atoms with Gasteiger partial charge in [0.25, 0.3) is 0 Å². The van der Waals surface area contributed by atoms with Crippen LogP contribution in [-0.4, -0.2) is 20.1 Å². The second kappa shape index (κ2) is 5.11. The molecule has 0 amide bonds. The summed E-state index contributed by atoms with van der Waals surface area (Å²) >= 11 is 0. The van der Waals surface area contributed by atoms with Crippen molar-refractivity contribution in [2.75, 3.05) is 0 Å². The van der Waals surface area contributed by atoms with Crippen molar-refractivity contribution in [1.29, 1.82) is 0 Å². The van der Waals surface area contributed by atoms with Gasteiger partial charge < -0.3 is 9.51 Å². The first-order chi connectivity index (χ1) is 10.9. The predicted octanol–water partition coefficient (Wildman–Crippen LogP) is 3.84. The zero-order valence-corrected chi connectivity index (χ0v) is 12.1.